The first kappa shape index (κ1) is 17.0. The van der Waals surface area contributed by atoms with E-state index in [9.17, 15) is 18.1 Å². The molecule has 1 aliphatic heterocycles. The molecule has 0 saturated carbocycles. The molecule has 3 rings (SSSR count). The van der Waals surface area contributed by atoms with Gasteiger partial charge >= 0.3 is 0 Å². The molecule has 126 valence electrons. The first-order valence-corrected chi connectivity index (χ1v) is 9.78. The number of halogens is 1. The molecule has 1 aromatic carbocycles. The van der Waals surface area contributed by atoms with Gasteiger partial charge in [0.15, 0.2) is 0 Å². The van der Waals surface area contributed by atoms with Crippen molar-refractivity contribution in [3.8, 4) is 6.07 Å². The van der Waals surface area contributed by atoms with E-state index in [0.717, 1.165) is 0 Å². The maximum atomic E-state index is 14.0. The Morgan fingerprint density at radius 1 is 1.12 bits per heavy atom. The number of rotatable bonds is 4. The van der Waals surface area contributed by atoms with Crippen LogP contribution in [0.15, 0.2) is 46.0 Å². The van der Waals surface area contributed by atoms with Gasteiger partial charge in [0.1, 0.15) is 16.1 Å². The van der Waals surface area contributed by atoms with Crippen LogP contribution in [0.3, 0.4) is 0 Å². The molecule has 8 heteroatoms. The third kappa shape index (κ3) is 3.21. The standard InChI is InChI=1S/C16H16FN3O2S2/c17-14-5-2-1-4-13(14)15(12-18)19-7-9-20(10-8-19)24(21,22)16-6-3-11-23-16/h1-6,11,15H,7-10H2. The van der Waals surface area contributed by atoms with Crippen molar-refractivity contribution in [2.45, 2.75) is 10.3 Å². The molecule has 1 unspecified atom stereocenters. The molecule has 1 aromatic heterocycles. The number of benzene rings is 1. The molecule has 0 radical (unpaired) electrons. The highest BCUT2D eigenvalue weighted by Crippen LogP contribution is 2.26. The fraction of sp³-hybridized carbons (Fsp3) is 0.312. The molecular formula is C16H16FN3O2S2. The predicted molar refractivity (Wildman–Crippen MR) is 89.4 cm³/mol. The van der Waals surface area contributed by atoms with Crippen LogP contribution in [0.2, 0.25) is 0 Å². The number of nitriles is 1. The Bertz CT molecular complexity index is 838. The Morgan fingerprint density at radius 2 is 1.83 bits per heavy atom. The maximum absolute atomic E-state index is 14.0. The number of hydrogen-bond donors (Lipinski definition) is 0. The summed E-state index contributed by atoms with van der Waals surface area (Å²) in [7, 11) is -3.48. The molecule has 2 aromatic rings. The first-order valence-electron chi connectivity index (χ1n) is 7.46. The van der Waals surface area contributed by atoms with Crippen LogP contribution in [0, 0.1) is 17.1 Å². The predicted octanol–water partition coefficient (Wildman–Crippen LogP) is 2.46. The van der Waals surface area contributed by atoms with Crippen LogP contribution < -0.4 is 0 Å². The van der Waals surface area contributed by atoms with Gasteiger partial charge < -0.3 is 0 Å². The van der Waals surface area contributed by atoms with E-state index in [1.807, 2.05) is 4.90 Å². The lowest BCUT2D eigenvalue weighted by molar-refractivity contribution is 0.161. The van der Waals surface area contributed by atoms with Crippen molar-refractivity contribution in [2.24, 2.45) is 0 Å². The van der Waals surface area contributed by atoms with E-state index in [0.29, 0.717) is 22.9 Å². The maximum Gasteiger partial charge on any atom is 0.252 e. The van der Waals surface area contributed by atoms with Crippen molar-refractivity contribution in [1.29, 1.82) is 5.26 Å². The fourth-order valence-electron chi connectivity index (χ4n) is 2.78. The lowest BCUT2D eigenvalue weighted by atomic mass is 10.1. The van der Waals surface area contributed by atoms with Crippen LogP contribution in [0.1, 0.15) is 11.6 Å². The minimum Gasteiger partial charge on any atom is -0.282 e. The van der Waals surface area contributed by atoms with Crippen LogP contribution in [0.4, 0.5) is 4.39 Å². The molecule has 24 heavy (non-hydrogen) atoms. The summed E-state index contributed by atoms with van der Waals surface area (Å²) in [5.74, 6) is -0.419. The third-order valence-electron chi connectivity index (χ3n) is 4.05. The monoisotopic (exact) mass is 365 g/mol. The second-order valence-electron chi connectivity index (χ2n) is 5.43. The molecule has 5 nitrogen and oxygen atoms in total. The average Bonchev–Trinajstić information content (AvgIpc) is 3.13. The van der Waals surface area contributed by atoms with Crippen molar-refractivity contribution in [1.82, 2.24) is 9.21 Å². The van der Waals surface area contributed by atoms with E-state index in [2.05, 4.69) is 6.07 Å². The molecule has 1 saturated heterocycles. The number of nitrogens with zero attached hydrogens (tertiary/aromatic N) is 3. The molecule has 1 atom stereocenters. The molecule has 0 bridgehead atoms. The van der Waals surface area contributed by atoms with Crippen molar-refractivity contribution in [3.63, 3.8) is 0 Å². The van der Waals surface area contributed by atoms with Gasteiger partial charge in [0.05, 0.1) is 6.07 Å². The summed E-state index contributed by atoms with van der Waals surface area (Å²) in [6.45, 7) is 1.34. The second-order valence-corrected chi connectivity index (χ2v) is 8.54. The van der Waals surface area contributed by atoms with Gasteiger partial charge in [0.25, 0.3) is 10.0 Å². The molecule has 1 aliphatic rings. The quantitative estimate of drug-likeness (QED) is 0.835. The van der Waals surface area contributed by atoms with Crippen molar-refractivity contribution in [3.05, 3.63) is 53.2 Å². The van der Waals surface area contributed by atoms with Gasteiger partial charge in [-0.1, -0.05) is 24.3 Å². The highest BCUT2D eigenvalue weighted by Gasteiger charge is 2.32. The zero-order chi connectivity index (χ0) is 17.2. The van der Waals surface area contributed by atoms with E-state index >= 15 is 0 Å². The Labute approximate surface area is 144 Å². The largest absolute Gasteiger partial charge is 0.282 e. The highest BCUT2D eigenvalue weighted by atomic mass is 32.2. The summed E-state index contributed by atoms with van der Waals surface area (Å²) in [5, 5.41) is 11.2. The van der Waals surface area contributed by atoms with Gasteiger partial charge in [-0.15, -0.1) is 11.3 Å². The topological polar surface area (TPSA) is 64.4 Å². The van der Waals surface area contributed by atoms with Gasteiger partial charge in [0, 0.05) is 31.7 Å². The van der Waals surface area contributed by atoms with Crippen LogP contribution in [-0.2, 0) is 10.0 Å². The molecular weight excluding hydrogens is 349 g/mol. The summed E-state index contributed by atoms with van der Waals surface area (Å²) in [5.41, 5.74) is 0.328. The molecule has 0 amide bonds. The van der Waals surface area contributed by atoms with Crippen LogP contribution in [0.25, 0.3) is 0 Å². The van der Waals surface area contributed by atoms with E-state index in [1.165, 1.54) is 21.7 Å². The minimum absolute atomic E-state index is 0.285. The normalized spacial score (nSPS) is 18.2. The lowest BCUT2D eigenvalue weighted by Crippen LogP contribution is -2.49. The lowest BCUT2D eigenvalue weighted by Gasteiger charge is -2.36. The third-order valence-corrected chi connectivity index (χ3v) is 7.32. The van der Waals surface area contributed by atoms with Gasteiger partial charge in [-0.3, -0.25) is 4.90 Å². The Kier molecular flexibility index (Phi) is 4.96. The number of sulfonamides is 1. The van der Waals surface area contributed by atoms with Crippen molar-refractivity contribution >= 4 is 21.4 Å². The zero-order valence-corrected chi connectivity index (χ0v) is 14.4. The first-order chi connectivity index (χ1) is 11.5. The summed E-state index contributed by atoms with van der Waals surface area (Å²) >= 11 is 1.19. The second kappa shape index (κ2) is 6.99. The SMILES string of the molecule is N#CC(c1ccccc1F)N1CCN(S(=O)(=O)c2cccs2)CC1. The molecule has 0 N–H and O–H groups in total. The highest BCUT2D eigenvalue weighted by molar-refractivity contribution is 7.91. The Balaban J connectivity index is 1.73. The summed E-state index contributed by atoms with van der Waals surface area (Å²) in [6.07, 6.45) is 0. The Hall–Kier alpha value is -1.79. The van der Waals surface area contributed by atoms with Crippen molar-refractivity contribution < 1.29 is 12.8 Å². The van der Waals surface area contributed by atoms with Crippen LogP contribution in [0.5, 0.6) is 0 Å². The molecule has 1 fully saturated rings. The number of piperazine rings is 1. The summed E-state index contributed by atoms with van der Waals surface area (Å²) in [6, 6.07) is 10.9. The van der Waals surface area contributed by atoms with E-state index in [-0.39, 0.29) is 13.1 Å². The number of hydrogen-bond acceptors (Lipinski definition) is 5. The molecule has 0 spiro atoms. The van der Waals surface area contributed by atoms with E-state index < -0.39 is 21.9 Å². The summed E-state index contributed by atoms with van der Waals surface area (Å²) in [4.78, 5) is 1.82. The van der Waals surface area contributed by atoms with Gasteiger partial charge in [0.2, 0.25) is 0 Å². The molecule has 2 heterocycles. The zero-order valence-electron chi connectivity index (χ0n) is 12.8. The van der Waals surface area contributed by atoms with Crippen molar-refractivity contribution in [2.75, 3.05) is 26.2 Å². The summed E-state index contributed by atoms with van der Waals surface area (Å²) < 4.78 is 40.7. The van der Waals surface area contributed by atoms with E-state index in [1.54, 1.807) is 35.7 Å². The molecule has 0 aliphatic carbocycles. The van der Waals surface area contributed by atoms with Crippen LogP contribution >= 0.6 is 11.3 Å². The Morgan fingerprint density at radius 3 is 2.42 bits per heavy atom. The minimum atomic E-state index is -3.48. The smallest absolute Gasteiger partial charge is 0.252 e. The number of thiophene rings is 1. The van der Waals surface area contributed by atoms with Gasteiger partial charge in [-0.25, -0.2) is 12.8 Å². The van der Waals surface area contributed by atoms with Gasteiger partial charge in [-0.2, -0.15) is 9.57 Å². The fourth-order valence-corrected chi connectivity index (χ4v) is 5.35. The van der Waals surface area contributed by atoms with E-state index in [4.69, 9.17) is 0 Å². The van der Waals surface area contributed by atoms with Crippen LogP contribution in [-0.4, -0.2) is 43.8 Å². The average molecular weight is 365 g/mol. The van der Waals surface area contributed by atoms with Gasteiger partial charge in [-0.05, 0) is 17.5 Å².